The highest BCUT2D eigenvalue weighted by Gasteiger charge is 2.38. The second kappa shape index (κ2) is 3.01. The van der Waals surface area contributed by atoms with Crippen LogP contribution in [0.4, 0.5) is 0 Å². The predicted octanol–water partition coefficient (Wildman–Crippen LogP) is 1.85. The number of ether oxygens (including phenoxy) is 1. The molecule has 2 rings (SSSR count). The Bertz CT molecular complexity index is 357. The number of hydrogen-bond acceptors (Lipinski definition) is 3. The van der Waals surface area contributed by atoms with E-state index in [4.69, 9.17) is 10.5 Å². The smallest absolute Gasteiger partial charge is 0.283 e. The molecular formula is C11H14N2O. The predicted molar refractivity (Wildman–Crippen MR) is 56.0 cm³/mol. The molecule has 1 aromatic rings. The Hall–Kier alpha value is -1.51. The van der Waals surface area contributed by atoms with Gasteiger partial charge in [0.2, 0.25) is 0 Å². The van der Waals surface area contributed by atoms with Gasteiger partial charge in [0.25, 0.3) is 6.02 Å². The van der Waals surface area contributed by atoms with E-state index >= 15 is 0 Å². The van der Waals surface area contributed by atoms with Crippen LogP contribution < -0.4 is 5.73 Å². The van der Waals surface area contributed by atoms with Gasteiger partial charge in [0.05, 0.1) is 0 Å². The van der Waals surface area contributed by atoms with Gasteiger partial charge in [-0.25, -0.2) is 4.99 Å². The summed E-state index contributed by atoms with van der Waals surface area (Å²) >= 11 is 0. The Morgan fingerprint density at radius 1 is 1.29 bits per heavy atom. The van der Waals surface area contributed by atoms with Crippen LogP contribution in [-0.4, -0.2) is 11.6 Å². The van der Waals surface area contributed by atoms with Crippen LogP contribution in [0, 0.1) is 0 Å². The van der Waals surface area contributed by atoms with E-state index in [0.29, 0.717) is 0 Å². The maximum atomic E-state index is 5.57. The third-order valence-electron chi connectivity index (χ3n) is 2.40. The normalized spacial score (nSPS) is 24.1. The molecule has 3 nitrogen and oxygen atoms in total. The standard InChI is InChI=1S/C11H14N2O/c1-11(2)9(13-10(12)14-11)8-6-4-3-5-7-8/h3-7,9H,1-2H3,(H2,12,13)/t9-/m1/s1. The van der Waals surface area contributed by atoms with Crippen molar-refractivity contribution in [3.05, 3.63) is 35.9 Å². The van der Waals surface area contributed by atoms with Gasteiger partial charge in [-0.1, -0.05) is 30.3 Å². The zero-order valence-electron chi connectivity index (χ0n) is 8.40. The van der Waals surface area contributed by atoms with E-state index in [1.54, 1.807) is 0 Å². The third-order valence-corrected chi connectivity index (χ3v) is 2.40. The van der Waals surface area contributed by atoms with E-state index in [9.17, 15) is 0 Å². The van der Waals surface area contributed by atoms with Crippen molar-refractivity contribution in [2.75, 3.05) is 0 Å². The van der Waals surface area contributed by atoms with Gasteiger partial charge in [0.15, 0.2) is 0 Å². The zero-order valence-corrected chi connectivity index (χ0v) is 8.40. The van der Waals surface area contributed by atoms with Gasteiger partial charge >= 0.3 is 0 Å². The Labute approximate surface area is 83.6 Å². The number of aliphatic imine (C=N–C) groups is 1. The van der Waals surface area contributed by atoms with Crippen LogP contribution in [0.15, 0.2) is 35.3 Å². The highest BCUT2D eigenvalue weighted by Crippen LogP contribution is 2.36. The minimum atomic E-state index is -0.342. The monoisotopic (exact) mass is 190 g/mol. The van der Waals surface area contributed by atoms with Crippen LogP contribution in [0.25, 0.3) is 0 Å². The van der Waals surface area contributed by atoms with Crippen molar-refractivity contribution in [2.24, 2.45) is 10.7 Å². The molecule has 0 unspecified atom stereocenters. The number of hydrogen-bond donors (Lipinski definition) is 1. The van der Waals surface area contributed by atoms with Crippen LogP contribution in [0.5, 0.6) is 0 Å². The largest absolute Gasteiger partial charge is 0.457 e. The van der Waals surface area contributed by atoms with Crippen LogP contribution in [0.2, 0.25) is 0 Å². The van der Waals surface area contributed by atoms with Gasteiger partial charge in [-0.3, -0.25) is 0 Å². The molecule has 3 heteroatoms. The molecule has 0 amide bonds. The zero-order chi connectivity index (χ0) is 10.2. The Morgan fingerprint density at radius 3 is 2.43 bits per heavy atom. The number of amidine groups is 1. The van der Waals surface area contributed by atoms with Crippen molar-refractivity contribution in [3.8, 4) is 0 Å². The fraction of sp³-hybridized carbons (Fsp3) is 0.364. The molecule has 1 aliphatic heterocycles. The summed E-state index contributed by atoms with van der Waals surface area (Å²) < 4.78 is 5.44. The Morgan fingerprint density at radius 2 is 1.93 bits per heavy atom. The highest BCUT2D eigenvalue weighted by atomic mass is 16.5. The van der Waals surface area contributed by atoms with Gasteiger partial charge < -0.3 is 10.5 Å². The molecular weight excluding hydrogens is 176 g/mol. The van der Waals surface area contributed by atoms with Gasteiger partial charge in [0, 0.05) is 0 Å². The molecule has 1 aromatic carbocycles. The van der Waals surface area contributed by atoms with Crippen molar-refractivity contribution < 1.29 is 4.74 Å². The van der Waals surface area contributed by atoms with Gasteiger partial charge in [0.1, 0.15) is 11.6 Å². The molecule has 0 aromatic heterocycles. The van der Waals surface area contributed by atoms with Crippen molar-refractivity contribution in [3.63, 3.8) is 0 Å². The summed E-state index contributed by atoms with van der Waals surface area (Å²) in [4.78, 5) is 4.28. The second-order valence-corrected chi connectivity index (χ2v) is 3.99. The maximum absolute atomic E-state index is 5.57. The minimum Gasteiger partial charge on any atom is -0.457 e. The molecule has 14 heavy (non-hydrogen) atoms. The number of rotatable bonds is 1. The van der Waals surface area contributed by atoms with Crippen molar-refractivity contribution in [1.82, 2.24) is 0 Å². The van der Waals surface area contributed by atoms with Crippen LogP contribution in [-0.2, 0) is 4.74 Å². The summed E-state index contributed by atoms with van der Waals surface area (Å²) in [6, 6.07) is 10.3. The topological polar surface area (TPSA) is 47.6 Å². The SMILES string of the molecule is CC1(C)OC(N)=N[C@@H]1c1ccccc1. The lowest BCUT2D eigenvalue weighted by molar-refractivity contribution is 0.0949. The summed E-state index contributed by atoms with van der Waals surface area (Å²) in [6.07, 6.45) is 0. The van der Waals surface area contributed by atoms with Crippen LogP contribution in [0.3, 0.4) is 0 Å². The van der Waals surface area contributed by atoms with Crippen LogP contribution >= 0.6 is 0 Å². The van der Waals surface area contributed by atoms with Crippen molar-refractivity contribution in [2.45, 2.75) is 25.5 Å². The van der Waals surface area contributed by atoms with Crippen molar-refractivity contribution in [1.29, 1.82) is 0 Å². The molecule has 74 valence electrons. The van der Waals surface area contributed by atoms with E-state index in [1.165, 1.54) is 0 Å². The van der Waals surface area contributed by atoms with E-state index in [-0.39, 0.29) is 17.7 Å². The van der Waals surface area contributed by atoms with E-state index < -0.39 is 0 Å². The molecule has 0 radical (unpaired) electrons. The molecule has 1 heterocycles. The summed E-state index contributed by atoms with van der Waals surface area (Å²) in [5, 5.41) is 0. The van der Waals surface area contributed by atoms with Crippen molar-refractivity contribution >= 4 is 6.02 Å². The van der Waals surface area contributed by atoms with E-state index in [2.05, 4.69) is 4.99 Å². The molecule has 1 atom stereocenters. The molecule has 0 saturated heterocycles. The summed E-state index contributed by atoms with van der Waals surface area (Å²) in [7, 11) is 0. The minimum absolute atomic E-state index is 0.00343. The average Bonchev–Trinajstić information content (AvgIpc) is 2.41. The lowest BCUT2D eigenvalue weighted by Crippen LogP contribution is -2.29. The number of nitrogens with two attached hydrogens (primary N) is 1. The second-order valence-electron chi connectivity index (χ2n) is 3.99. The fourth-order valence-electron chi connectivity index (χ4n) is 1.75. The van der Waals surface area contributed by atoms with Crippen LogP contribution in [0.1, 0.15) is 25.5 Å². The Kier molecular flexibility index (Phi) is 1.95. The lowest BCUT2D eigenvalue weighted by Gasteiger charge is -2.24. The number of nitrogens with zero attached hydrogens (tertiary/aromatic N) is 1. The number of benzene rings is 1. The lowest BCUT2D eigenvalue weighted by atomic mass is 9.93. The first-order chi connectivity index (χ1) is 6.59. The fourth-order valence-corrected chi connectivity index (χ4v) is 1.75. The first kappa shape index (κ1) is 9.06. The molecule has 0 spiro atoms. The van der Waals surface area contributed by atoms with Gasteiger partial charge in [-0.2, -0.15) is 0 Å². The van der Waals surface area contributed by atoms with Gasteiger partial charge in [-0.15, -0.1) is 0 Å². The van der Waals surface area contributed by atoms with E-state index in [1.807, 2.05) is 44.2 Å². The summed E-state index contributed by atoms with van der Waals surface area (Å²) in [5.41, 5.74) is 6.36. The first-order valence-electron chi connectivity index (χ1n) is 4.67. The molecule has 0 saturated carbocycles. The highest BCUT2D eigenvalue weighted by molar-refractivity contribution is 5.74. The summed E-state index contributed by atoms with van der Waals surface area (Å²) in [5.74, 6) is 0. The average molecular weight is 190 g/mol. The molecule has 1 aliphatic rings. The maximum Gasteiger partial charge on any atom is 0.283 e. The molecule has 0 bridgehead atoms. The quantitative estimate of drug-likeness (QED) is 0.734. The summed E-state index contributed by atoms with van der Waals surface area (Å²) in [6.45, 7) is 3.99. The molecule has 0 fully saturated rings. The van der Waals surface area contributed by atoms with E-state index in [0.717, 1.165) is 5.56 Å². The first-order valence-corrected chi connectivity index (χ1v) is 4.67. The third kappa shape index (κ3) is 1.45. The molecule has 2 N–H and O–H groups in total. The van der Waals surface area contributed by atoms with Gasteiger partial charge in [-0.05, 0) is 19.4 Å². The molecule has 0 aliphatic carbocycles. The Balaban J connectivity index is 2.35.